The number of ether oxygens (including phenoxy) is 1. The van der Waals surface area contributed by atoms with E-state index in [-0.39, 0.29) is 12.5 Å². The maximum Gasteiger partial charge on any atom is 0.257 e. The molecule has 0 aliphatic carbocycles. The molecule has 1 heterocycles. The summed E-state index contributed by atoms with van der Waals surface area (Å²) in [6.45, 7) is 2.55. The third-order valence-corrected chi connectivity index (χ3v) is 3.51. The lowest BCUT2D eigenvalue weighted by Crippen LogP contribution is -2.30. The average Bonchev–Trinajstić information content (AvgIpc) is 2.97. The number of fused-ring (bicyclic) bond motifs is 1. The second kappa shape index (κ2) is 6.96. The van der Waals surface area contributed by atoms with Gasteiger partial charge in [-0.25, -0.2) is 4.98 Å². The molecule has 1 amide bonds. The lowest BCUT2D eigenvalue weighted by atomic mass is 10.2. The van der Waals surface area contributed by atoms with Crippen LogP contribution in [-0.4, -0.2) is 29.0 Å². The molecule has 2 N–H and O–H groups in total. The van der Waals surface area contributed by atoms with Crippen molar-refractivity contribution in [2.24, 2.45) is 0 Å². The maximum atomic E-state index is 11.8. The van der Waals surface area contributed by atoms with Crippen LogP contribution in [0.5, 0.6) is 5.75 Å². The molecule has 0 radical (unpaired) electrons. The molecule has 0 bridgehead atoms. The average molecular weight is 309 g/mol. The Kier molecular flexibility index (Phi) is 4.57. The molecule has 2 aromatic carbocycles. The SMILES string of the molecule is Cc1ccc(OCC(=O)NCCc2nc3ccccc3[nH]2)cc1. The van der Waals surface area contributed by atoms with Crippen molar-refractivity contribution in [3.05, 3.63) is 59.9 Å². The van der Waals surface area contributed by atoms with E-state index in [9.17, 15) is 4.79 Å². The van der Waals surface area contributed by atoms with Crippen LogP contribution in [0.3, 0.4) is 0 Å². The zero-order chi connectivity index (χ0) is 16.1. The predicted octanol–water partition coefficient (Wildman–Crippen LogP) is 2.61. The quantitative estimate of drug-likeness (QED) is 0.735. The molecule has 0 aliphatic rings. The summed E-state index contributed by atoms with van der Waals surface area (Å²) >= 11 is 0. The number of amides is 1. The van der Waals surface area contributed by atoms with Gasteiger partial charge in [0.05, 0.1) is 11.0 Å². The van der Waals surface area contributed by atoms with Gasteiger partial charge >= 0.3 is 0 Å². The third kappa shape index (κ3) is 4.10. The van der Waals surface area contributed by atoms with E-state index in [1.807, 2.05) is 55.5 Å². The first kappa shape index (κ1) is 15.1. The van der Waals surface area contributed by atoms with Crippen LogP contribution in [0.4, 0.5) is 0 Å². The fourth-order valence-corrected chi connectivity index (χ4v) is 2.28. The Morgan fingerprint density at radius 1 is 1.17 bits per heavy atom. The summed E-state index contributed by atoms with van der Waals surface area (Å²) in [5.74, 6) is 1.43. The number of nitrogens with zero attached hydrogens (tertiary/aromatic N) is 1. The van der Waals surface area contributed by atoms with Crippen LogP contribution in [0, 0.1) is 6.92 Å². The number of carbonyl (C=O) groups is 1. The Balaban J connectivity index is 1.43. The number of imidazole rings is 1. The van der Waals surface area contributed by atoms with Crippen LogP contribution in [-0.2, 0) is 11.2 Å². The van der Waals surface area contributed by atoms with Gasteiger partial charge in [-0.05, 0) is 31.2 Å². The number of aromatic amines is 1. The van der Waals surface area contributed by atoms with Gasteiger partial charge in [0.25, 0.3) is 5.91 Å². The summed E-state index contributed by atoms with van der Waals surface area (Å²) in [6, 6.07) is 15.5. The lowest BCUT2D eigenvalue weighted by Gasteiger charge is -2.07. The Labute approximate surface area is 134 Å². The number of aromatic nitrogens is 2. The van der Waals surface area contributed by atoms with Gasteiger partial charge in [-0.3, -0.25) is 4.79 Å². The molecule has 0 fully saturated rings. The number of rotatable bonds is 6. The highest BCUT2D eigenvalue weighted by molar-refractivity contribution is 5.77. The van der Waals surface area contributed by atoms with E-state index in [0.717, 1.165) is 22.4 Å². The van der Waals surface area contributed by atoms with Gasteiger partial charge in [-0.2, -0.15) is 0 Å². The van der Waals surface area contributed by atoms with Crippen molar-refractivity contribution in [3.8, 4) is 5.75 Å². The number of nitrogens with one attached hydrogen (secondary N) is 2. The minimum atomic E-state index is -0.137. The van der Waals surface area contributed by atoms with Gasteiger partial charge in [0.15, 0.2) is 6.61 Å². The van der Waals surface area contributed by atoms with Crippen molar-refractivity contribution in [3.63, 3.8) is 0 Å². The number of para-hydroxylation sites is 2. The molecule has 0 aliphatic heterocycles. The summed E-state index contributed by atoms with van der Waals surface area (Å²) in [4.78, 5) is 19.5. The molecule has 3 rings (SSSR count). The largest absolute Gasteiger partial charge is 0.484 e. The van der Waals surface area contributed by atoms with Crippen molar-refractivity contribution in [1.82, 2.24) is 15.3 Å². The fraction of sp³-hybridized carbons (Fsp3) is 0.222. The minimum Gasteiger partial charge on any atom is -0.484 e. The molecule has 1 aromatic heterocycles. The number of carbonyl (C=O) groups excluding carboxylic acids is 1. The van der Waals surface area contributed by atoms with Gasteiger partial charge in [-0.1, -0.05) is 29.8 Å². The van der Waals surface area contributed by atoms with E-state index in [1.54, 1.807) is 0 Å². The van der Waals surface area contributed by atoms with Gasteiger partial charge in [0.2, 0.25) is 0 Å². The van der Waals surface area contributed by atoms with Gasteiger partial charge in [-0.15, -0.1) is 0 Å². The number of H-pyrrole nitrogens is 1. The summed E-state index contributed by atoms with van der Waals surface area (Å²) in [7, 11) is 0. The predicted molar refractivity (Wildman–Crippen MR) is 89.5 cm³/mol. The van der Waals surface area contributed by atoms with Crippen molar-refractivity contribution in [1.29, 1.82) is 0 Å². The first-order chi connectivity index (χ1) is 11.2. The molecule has 118 valence electrons. The zero-order valence-electron chi connectivity index (χ0n) is 13.0. The van der Waals surface area contributed by atoms with Crippen LogP contribution in [0.2, 0.25) is 0 Å². The van der Waals surface area contributed by atoms with Crippen molar-refractivity contribution in [2.45, 2.75) is 13.3 Å². The highest BCUT2D eigenvalue weighted by atomic mass is 16.5. The minimum absolute atomic E-state index is 0.0171. The molecule has 0 saturated carbocycles. The Bertz CT molecular complexity index is 760. The normalized spacial score (nSPS) is 10.7. The van der Waals surface area contributed by atoms with E-state index in [4.69, 9.17) is 4.74 Å². The zero-order valence-corrected chi connectivity index (χ0v) is 13.0. The van der Waals surface area contributed by atoms with E-state index in [0.29, 0.717) is 18.7 Å². The molecular weight excluding hydrogens is 290 g/mol. The highest BCUT2D eigenvalue weighted by Crippen LogP contribution is 2.11. The Morgan fingerprint density at radius 3 is 2.74 bits per heavy atom. The standard InChI is InChI=1S/C18H19N3O2/c1-13-6-8-14(9-7-13)23-12-18(22)19-11-10-17-20-15-4-2-3-5-16(15)21-17/h2-9H,10-12H2,1H3,(H,19,22)(H,20,21). The lowest BCUT2D eigenvalue weighted by molar-refractivity contribution is -0.123. The van der Waals surface area contributed by atoms with Gasteiger partial charge < -0.3 is 15.0 Å². The van der Waals surface area contributed by atoms with Crippen LogP contribution < -0.4 is 10.1 Å². The molecule has 0 unspecified atom stereocenters. The highest BCUT2D eigenvalue weighted by Gasteiger charge is 2.05. The van der Waals surface area contributed by atoms with Gasteiger partial charge in [0.1, 0.15) is 11.6 Å². The van der Waals surface area contributed by atoms with Gasteiger partial charge in [0, 0.05) is 13.0 Å². The van der Waals surface area contributed by atoms with Crippen molar-refractivity contribution >= 4 is 16.9 Å². The topological polar surface area (TPSA) is 67.0 Å². The second-order valence-electron chi connectivity index (χ2n) is 5.40. The van der Waals surface area contributed by atoms with E-state index in [2.05, 4.69) is 15.3 Å². The molecule has 0 spiro atoms. The van der Waals surface area contributed by atoms with Crippen LogP contribution in [0.25, 0.3) is 11.0 Å². The monoisotopic (exact) mass is 309 g/mol. The van der Waals surface area contributed by atoms with Crippen LogP contribution >= 0.6 is 0 Å². The molecule has 23 heavy (non-hydrogen) atoms. The first-order valence-corrected chi connectivity index (χ1v) is 7.60. The summed E-state index contributed by atoms with van der Waals surface area (Å²) < 4.78 is 5.44. The third-order valence-electron chi connectivity index (χ3n) is 3.51. The second-order valence-corrected chi connectivity index (χ2v) is 5.40. The van der Waals surface area contributed by atoms with E-state index >= 15 is 0 Å². The van der Waals surface area contributed by atoms with Crippen molar-refractivity contribution < 1.29 is 9.53 Å². The number of benzene rings is 2. The molecule has 0 atom stereocenters. The molecule has 5 nitrogen and oxygen atoms in total. The maximum absolute atomic E-state index is 11.8. The Morgan fingerprint density at radius 2 is 1.96 bits per heavy atom. The first-order valence-electron chi connectivity index (χ1n) is 7.60. The van der Waals surface area contributed by atoms with E-state index < -0.39 is 0 Å². The number of hydrogen-bond donors (Lipinski definition) is 2. The molecular formula is C18H19N3O2. The number of hydrogen-bond acceptors (Lipinski definition) is 3. The summed E-state index contributed by atoms with van der Waals surface area (Å²) in [5, 5.41) is 2.83. The van der Waals surface area contributed by atoms with E-state index in [1.165, 1.54) is 0 Å². The molecule has 3 aromatic rings. The fourth-order valence-electron chi connectivity index (χ4n) is 2.28. The summed E-state index contributed by atoms with van der Waals surface area (Å²) in [6.07, 6.45) is 0.658. The summed E-state index contributed by atoms with van der Waals surface area (Å²) in [5.41, 5.74) is 3.11. The smallest absolute Gasteiger partial charge is 0.257 e. The van der Waals surface area contributed by atoms with Crippen molar-refractivity contribution in [2.75, 3.05) is 13.2 Å². The Hall–Kier alpha value is -2.82. The van der Waals surface area contributed by atoms with Crippen LogP contribution in [0.15, 0.2) is 48.5 Å². The molecule has 0 saturated heterocycles. The molecule has 5 heteroatoms. The number of aryl methyl sites for hydroxylation is 1. The van der Waals surface area contributed by atoms with Crippen LogP contribution in [0.1, 0.15) is 11.4 Å².